The van der Waals surface area contributed by atoms with Gasteiger partial charge in [0.15, 0.2) is 0 Å². The first kappa shape index (κ1) is 16.4. The maximum atomic E-state index is 9.99. The summed E-state index contributed by atoms with van der Waals surface area (Å²) in [5.41, 5.74) is 0.761. The van der Waals surface area contributed by atoms with E-state index >= 15 is 0 Å². The van der Waals surface area contributed by atoms with Crippen LogP contribution in [0.5, 0.6) is 0 Å². The lowest BCUT2D eigenvalue weighted by Gasteiger charge is -2.13. The molecule has 108 valence electrons. The molecule has 0 saturated heterocycles. The minimum Gasteiger partial charge on any atom is -0.387 e. The minimum atomic E-state index is -0.579. The fourth-order valence-electron chi connectivity index (χ4n) is 1.66. The normalized spacial score (nSPS) is 12.9. The van der Waals surface area contributed by atoms with E-state index in [1.165, 1.54) is 0 Å². The number of ether oxygens (including phenoxy) is 1. The molecule has 1 aromatic carbocycles. The zero-order valence-corrected chi connectivity index (χ0v) is 12.5. The van der Waals surface area contributed by atoms with Crippen LogP contribution in [0.25, 0.3) is 0 Å². The van der Waals surface area contributed by atoms with Gasteiger partial charge in [0.1, 0.15) is 0 Å². The predicted octanol–water partition coefficient (Wildman–Crippen LogP) is 3.03. The molecule has 19 heavy (non-hydrogen) atoms. The monoisotopic (exact) mass is 285 g/mol. The number of halogens is 1. The highest BCUT2D eigenvalue weighted by molar-refractivity contribution is 6.31. The summed E-state index contributed by atoms with van der Waals surface area (Å²) in [4.78, 5) is 0. The number of nitrogens with one attached hydrogen (secondary N) is 1. The summed E-state index contributed by atoms with van der Waals surface area (Å²) in [6.45, 7) is 7.05. The first-order valence-electron chi connectivity index (χ1n) is 6.82. The number of aliphatic hydroxyl groups excluding tert-OH is 1. The fourth-order valence-corrected chi connectivity index (χ4v) is 1.92. The molecule has 0 bridgehead atoms. The SMILES string of the molecule is CC(C)CCOCCNCC(O)c1ccccc1Cl. The van der Waals surface area contributed by atoms with E-state index in [-0.39, 0.29) is 0 Å². The molecule has 1 unspecified atom stereocenters. The van der Waals surface area contributed by atoms with Crippen molar-refractivity contribution < 1.29 is 9.84 Å². The molecule has 3 nitrogen and oxygen atoms in total. The van der Waals surface area contributed by atoms with Crippen molar-refractivity contribution >= 4 is 11.6 Å². The van der Waals surface area contributed by atoms with Crippen LogP contribution in [0.3, 0.4) is 0 Å². The summed E-state index contributed by atoms with van der Waals surface area (Å²) in [5, 5.41) is 13.8. The second-order valence-electron chi connectivity index (χ2n) is 5.04. The molecule has 0 fully saturated rings. The number of hydrogen-bond donors (Lipinski definition) is 2. The van der Waals surface area contributed by atoms with Gasteiger partial charge in [-0.25, -0.2) is 0 Å². The number of hydrogen-bond acceptors (Lipinski definition) is 3. The quantitative estimate of drug-likeness (QED) is 0.685. The number of rotatable bonds is 9. The summed E-state index contributed by atoms with van der Waals surface area (Å²) in [6.07, 6.45) is 0.506. The second-order valence-corrected chi connectivity index (χ2v) is 5.44. The van der Waals surface area contributed by atoms with E-state index in [1.54, 1.807) is 6.07 Å². The van der Waals surface area contributed by atoms with Gasteiger partial charge < -0.3 is 15.2 Å². The Morgan fingerprint density at radius 3 is 2.68 bits per heavy atom. The van der Waals surface area contributed by atoms with Crippen LogP contribution in [0.1, 0.15) is 31.9 Å². The van der Waals surface area contributed by atoms with Gasteiger partial charge in [0.2, 0.25) is 0 Å². The largest absolute Gasteiger partial charge is 0.387 e. The maximum Gasteiger partial charge on any atom is 0.0928 e. The highest BCUT2D eigenvalue weighted by atomic mass is 35.5. The van der Waals surface area contributed by atoms with Gasteiger partial charge in [0.05, 0.1) is 12.7 Å². The zero-order valence-electron chi connectivity index (χ0n) is 11.7. The van der Waals surface area contributed by atoms with Gasteiger partial charge in [-0.3, -0.25) is 0 Å². The smallest absolute Gasteiger partial charge is 0.0928 e. The van der Waals surface area contributed by atoms with Crippen molar-refractivity contribution in [2.24, 2.45) is 5.92 Å². The molecule has 0 aliphatic rings. The third-order valence-electron chi connectivity index (χ3n) is 2.86. The topological polar surface area (TPSA) is 41.5 Å². The van der Waals surface area contributed by atoms with E-state index < -0.39 is 6.10 Å². The van der Waals surface area contributed by atoms with Gasteiger partial charge in [-0.15, -0.1) is 0 Å². The molecular formula is C15H24ClNO2. The molecule has 4 heteroatoms. The summed E-state index contributed by atoms with van der Waals surface area (Å²) < 4.78 is 5.49. The van der Waals surface area contributed by atoms with Crippen LogP contribution in [-0.4, -0.2) is 31.4 Å². The second kappa shape index (κ2) is 9.32. The minimum absolute atomic E-state index is 0.483. The number of benzene rings is 1. The molecule has 0 aliphatic heterocycles. The van der Waals surface area contributed by atoms with Crippen LogP contribution >= 0.6 is 11.6 Å². The molecule has 2 N–H and O–H groups in total. The van der Waals surface area contributed by atoms with Gasteiger partial charge >= 0.3 is 0 Å². The first-order chi connectivity index (χ1) is 9.11. The Bertz CT molecular complexity index is 358. The van der Waals surface area contributed by atoms with E-state index in [0.29, 0.717) is 24.1 Å². The zero-order chi connectivity index (χ0) is 14.1. The Labute approximate surface area is 120 Å². The molecule has 0 heterocycles. The average Bonchev–Trinajstić information content (AvgIpc) is 2.37. The van der Waals surface area contributed by atoms with Crippen LogP contribution < -0.4 is 5.32 Å². The third-order valence-corrected chi connectivity index (χ3v) is 3.21. The van der Waals surface area contributed by atoms with Gasteiger partial charge in [-0.2, -0.15) is 0 Å². The van der Waals surface area contributed by atoms with Crippen molar-refractivity contribution in [2.75, 3.05) is 26.3 Å². The molecule has 1 rings (SSSR count). The van der Waals surface area contributed by atoms with Crippen LogP contribution in [-0.2, 0) is 4.74 Å². The van der Waals surface area contributed by atoms with E-state index in [4.69, 9.17) is 16.3 Å². The van der Waals surface area contributed by atoms with Crippen LogP contribution in [0.2, 0.25) is 5.02 Å². The predicted molar refractivity (Wildman–Crippen MR) is 79.6 cm³/mol. The molecule has 0 saturated carbocycles. The third kappa shape index (κ3) is 6.92. The number of aliphatic hydroxyl groups is 1. The highest BCUT2D eigenvalue weighted by Gasteiger charge is 2.09. The molecule has 0 amide bonds. The lowest BCUT2D eigenvalue weighted by molar-refractivity contribution is 0.119. The van der Waals surface area contributed by atoms with Crippen molar-refractivity contribution in [3.8, 4) is 0 Å². The van der Waals surface area contributed by atoms with Crippen LogP contribution in [0.4, 0.5) is 0 Å². The fraction of sp³-hybridized carbons (Fsp3) is 0.600. The van der Waals surface area contributed by atoms with Crippen molar-refractivity contribution in [1.29, 1.82) is 0 Å². The Morgan fingerprint density at radius 1 is 1.26 bits per heavy atom. The molecule has 0 aliphatic carbocycles. The Kier molecular flexibility index (Phi) is 8.07. The van der Waals surface area contributed by atoms with Crippen molar-refractivity contribution in [1.82, 2.24) is 5.32 Å². The maximum absolute atomic E-state index is 9.99. The Morgan fingerprint density at radius 2 is 2.00 bits per heavy atom. The summed E-state index contributed by atoms with van der Waals surface area (Å²) in [7, 11) is 0. The first-order valence-corrected chi connectivity index (χ1v) is 7.20. The summed E-state index contributed by atoms with van der Waals surface area (Å²) in [5.74, 6) is 0.676. The van der Waals surface area contributed by atoms with E-state index in [0.717, 1.165) is 25.1 Å². The van der Waals surface area contributed by atoms with Gasteiger partial charge in [0, 0.05) is 30.3 Å². The standard InChI is InChI=1S/C15H24ClNO2/c1-12(2)7-9-19-10-8-17-11-15(18)13-5-3-4-6-14(13)16/h3-6,12,15,17-18H,7-11H2,1-2H3. The van der Waals surface area contributed by atoms with E-state index in [9.17, 15) is 5.11 Å². The molecule has 1 aromatic rings. The van der Waals surface area contributed by atoms with Gasteiger partial charge in [-0.1, -0.05) is 43.6 Å². The van der Waals surface area contributed by atoms with Crippen LogP contribution in [0, 0.1) is 5.92 Å². The Balaban J connectivity index is 2.11. The summed E-state index contributed by atoms with van der Waals surface area (Å²) >= 11 is 6.02. The van der Waals surface area contributed by atoms with Gasteiger partial charge in [-0.05, 0) is 18.4 Å². The average molecular weight is 286 g/mol. The van der Waals surface area contributed by atoms with Crippen molar-refractivity contribution in [3.63, 3.8) is 0 Å². The molecule has 0 spiro atoms. The lowest BCUT2D eigenvalue weighted by Crippen LogP contribution is -2.25. The Hall–Kier alpha value is -0.610. The lowest BCUT2D eigenvalue weighted by atomic mass is 10.1. The molecule has 0 radical (unpaired) electrons. The van der Waals surface area contributed by atoms with E-state index in [1.807, 2.05) is 18.2 Å². The summed E-state index contributed by atoms with van der Waals surface area (Å²) in [6, 6.07) is 7.36. The van der Waals surface area contributed by atoms with Crippen LogP contribution in [0.15, 0.2) is 24.3 Å². The highest BCUT2D eigenvalue weighted by Crippen LogP contribution is 2.21. The van der Waals surface area contributed by atoms with Gasteiger partial charge in [0.25, 0.3) is 0 Å². The van der Waals surface area contributed by atoms with E-state index in [2.05, 4.69) is 19.2 Å². The molecular weight excluding hydrogens is 262 g/mol. The van der Waals surface area contributed by atoms with Crippen molar-refractivity contribution in [3.05, 3.63) is 34.9 Å². The van der Waals surface area contributed by atoms with Crippen molar-refractivity contribution in [2.45, 2.75) is 26.4 Å². The molecule has 1 atom stereocenters. The molecule has 0 aromatic heterocycles.